The summed E-state index contributed by atoms with van der Waals surface area (Å²) in [6.07, 6.45) is 3.96. The Morgan fingerprint density at radius 1 is 1.17 bits per heavy atom. The smallest absolute Gasteiger partial charge is 0.258 e. The van der Waals surface area contributed by atoms with Crippen LogP contribution in [0.15, 0.2) is 34.9 Å². The highest BCUT2D eigenvalue weighted by Gasteiger charge is 2.29. The summed E-state index contributed by atoms with van der Waals surface area (Å²) in [5, 5.41) is 23.1. The van der Waals surface area contributed by atoms with E-state index in [9.17, 15) is 0 Å². The van der Waals surface area contributed by atoms with E-state index in [1.807, 2.05) is 30.3 Å². The van der Waals surface area contributed by atoms with Gasteiger partial charge in [0.05, 0.1) is 5.52 Å². The number of aromatic nitrogens is 3. The summed E-state index contributed by atoms with van der Waals surface area (Å²) >= 11 is 0. The van der Waals surface area contributed by atoms with Crippen LogP contribution < -0.4 is 0 Å². The first-order valence-corrected chi connectivity index (χ1v) is 7.60. The van der Waals surface area contributed by atoms with Gasteiger partial charge in [0.25, 0.3) is 5.89 Å². The van der Waals surface area contributed by atoms with Gasteiger partial charge >= 0.3 is 0 Å². The first-order valence-electron chi connectivity index (χ1n) is 7.60. The molecule has 0 unspecified atom stereocenters. The lowest BCUT2D eigenvalue weighted by Gasteiger charge is -2.13. The Hall–Kier alpha value is -3.45. The quantitative estimate of drug-likeness (QED) is 0.670. The molecule has 7 heteroatoms. The van der Waals surface area contributed by atoms with Gasteiger partial charge in [0, 0.05) is 17.5 Å². The zero-order valence-electron chi connectivity index (χ0n) is 12.7. The summed E-state index contributed by atoms with van der Waals surface area (Å²) in [5.74, 6) is 0.920. The van der Waals surface area contributed by atoms with Crippen molar-refractivity contribution in [3.8, 4) is 23.7 Å². The Labute approximate surface area is 137 Å². The predicted octanol–water partition coefficient (Wildman–Crippen LogP) is 2.77. The van der Waals surface area contributed by atoms with Crippen LogP contribution in [0, 0.1) is 22.8 Å². The van der Waals surface area contributed by atoms with Crippen LogP contribution in [0.5, 0.6) is 0 Å². The van der Waals surface area contributed by atoms with E-state index in [4.69, 9.17) is 15.0 Å². The summed E-state index contributed by atoms with van der Waals surface area (Å²) in [5.41, 5.74) is 1.80. The van der Waals surface area contributed by atoms with E-state index >= 15 is 0 Å². The summed E-state index contributed by atoms with van der Waals surface area (Å²) in [7, 11) is 0. The van der Waals surface area contributed by atoms with Crippen molar-refractivity contribution in [3.05, 3.63) is 41.9 Å². The summed E-state index contributed by atoms with van der Waals surface area (Å²) in [4.78, 5) is 10.4. The minimum atomic E-state index is -0.115. The third kappa shape index (κ3) is 2.33. The molecule has 0 bridgehead atoms. The van der Waals surface area contributed by atoms with Crippen LogP contribution in [-0.4, -0.2) is 26.6 Å². The Morgan fingerprint density at radius 2 is 2.04 bits per heavy atom. The zero-order chi connectivity index (χ0) is 16.5. The van der Waals surface area contributed by atoms with Crippen molar-refractivity contribution in [1.82, 2.24) is 20.0 Å². The van der Waals surface area contributed by atoms with E-state index in [1.165, 1.54) is 0 Å². The Morgan fingerprint density at radius 3 is 2.88 bits per heavy atom. The van der Waals surface area contributed by atoms with Crippen LogP contribution in [0.2, 0.25) is 0 Å². The molecule has 1 aliphatic heterocycles. The van der Waals surface area contributed by atoms with Crippen LogP contribution in [0.4, 0.5) is 0 Å². The average molecular weight is 316 g/mol. The van der Waals surface area contributed by atoms with E-state index in [0.717, 1.165) is 30.3 Å². The van der Waals surface area contributed by atoms with Gasteiger partial charge in [0.15, 0.2) is 12.0 Å². The number of hydrogen-bond donors (Lipinski definition) is 0. The highest BCUT2D eigenvalue weighted by Crippen LogP contribution is 2.31. The van der Waals surface area contributed by atoms with Crippen molar-refractivity contribution in [2.75, 3.05) is 6.54 Å². The summed E-state index contributed by atoms with van der Waals surface area (Å²) in [6, 6.07) is 11.1. The number of nitriles is 2. The fourth-order valence-electron chi connectivity index (χ4n) is 2.95. The maximum Gasteiger partial charge on any atom is 0.258 e. The van der Waals surface area contributed by atoms with Crippen LogP contribution in [0.25, 0.3) is 22.4 Å². The molecule has 3 aromatic rings. The normalized spacial score (nSPS) is 16.9. The number of nitrogens with zero attached hydrogens (tertiary/aromatic N) is 6. The highest BCUT2D eigenvalue weighted by atomic mass is 16.5. The van der Waals surface area contributed by atoms with E-state index in [-0.39, 0.29) is 6.04 Å². The molecule has 0 aliphatic carbocycles. The minimum absolute atomic E-state index is 0.115. The van der Waals surface area contributed by atoms with Crippen molar-refractivity contribution >= 4 is 10.9 Å². The van der Waals surface area contributed by atoms with Gasteiger partial charge < -0.3 is 4.52 Å². The van der Waals surface area contributed by atoms with Crippen molar-refractivity contribution in [1.29, 1.82) is 10.5 Å². The van der Waals surface area contributed by atoms with Gasteiger partial charge in [-0.05, 0) is 37.1 Å². The zero-order valence-corrected chi connectivity index (χ0v) is 12.7. The minimum Gasteiger partial charge on any atom is -0.334 e. The van der Waals surface area contributed by atoms with E-state index in [0.29, 0.717) is 22.9 Å². The molecule has 0 saturated carbocycles. The first kappa shape index (κ1) is 14.2. The van der Waals surface area contributed by atoms with Gasteiger partial charge in [-0.1, -0.05) is 11.2 Å². The highest BCUT2D eigenvalue weighted by molar-refractivity contribution is 5.83. The summed E-state index contributed by atoms with van der Waals surface area (Å²) < 4.78 is 5.37. The molecule has 0 N–H and O–H groups in total. The van der Waals surface area contributed by atoms with Crippen molar-refractivity contribution in [2.24, 2.45) is 0 Å². The monoisotopic (exact) mass is 316 g/mol. The van der Waals surface area contributed by atoms with E-state index < -0.39 is 0 Å². The number of rotatable bonds is 2. The fourth-order valence-corrected chi connectivity index (χ4v) is 2.95. The molecule has 0 radical (unpaired) electrons. The number of likely N-dealkylation sites (tertiary alicyclic amines) is 1. The average Bonchev–Trinajstić information content (AvgIpc) is 3.29. The Bertz CT molecular complexity index is 996. The Balaban J connectivity index is 1.70. The molecule has 116 valence electrons. The Kier molecular flexibility index (Phi) is 3.33. The molecule has 3 heterocycles. The molecular weight excluding hydrogens is 304 g/mol. The molecule has 1 saturated heterocycles. The third-order valence-corrected chi connectivity index (χ3v) is 4.17. The number of fused-ring (bicyclic) bond motifs is 1. The first-order chi connectivity index (χ1) is 11.8. The lowest BCUT2D eigenvalue weighted by Crippen LogP contribution is -2.17. The molecule has 1 aromatic carbocycles. The second-order valence-corrected chi connectivity index (χ2v) is 5.62. The molecule has 0 amide bonds. The third-order valence-electron chi connectivity index (χ3n) is 4.17. The predicted molar refractivity (Wildman–Crippen MR) is 84.0 cm³/mol. The van der Waals surface area contributed by atoms with Crippen LogP contribution in [-0.2, 0) is 0 Å². The van der Waals surface area contributed by atoms with Gasteiger partial charge in [0.2, 0.25) is 0 Å². The van der Waals surface area contributed by atoms with Crippen molar-refractivity contribution < 1.29 is 4.52 Å². The lowest BCUT2D eigenvalue weighted by molar-refractivity contribution is 0.339. The maximum atomic E-state index is 9.14. The number of benzene rings is 1. The topological polar surface area (TPSA) is 103 Å². The van der Waals surface area contributed by atoms with Gasteiger partial charge in [-0.15, -0.1) is 0 Å². The molecular formula is C17H12N6O. The molecule has 1 fully saturated rings. The molecule has 1 atom stereocenters. The lowest BCUT2D eigenvalue weighted by atomic mass is 10.1. The number of hydrogen-bond acceptors (Lipinski definition) is 7. The second-order valence-electron chi connectivity index (χ2n) is 5.62. The standard InChI is InChI=1S/C17H12N6O/c18-9-13-6-5-11-3-4-12(8-14(11)20-13)17-21-16(22-24-17)15-2-1-7-23(15)10-19/h3-6,8,15H,1-2,7H2/t15-/m0/s1. The molecule has 2 aromatic heterocycles. The van der Waals surface area contributed by atoms with Gasteiger partial charge in [0.1, 0.15) is 17.8 Å². The summed E-state index contributed by atoms with van der Waals surface area (Å²) in [6.45, 7) is 0.724. The maximum absolute atomic E-state index is 9.14. The molecule has 7 nitrogen and oxygen atoms in total. The molecule has 24 heavy (non-hydrogen) atoms. The second kappa shape index (κ2) is 5.64. The van der Waals surface area contributed by atoms with Crippen LogP contribution in [0.1, 0.15) is 30.4 Å². The van der Waals surface area contributed by atoms with E-state index in [1.54, 1.807) is 11.0 Å². The van der Waals surface area contributed by atoms with Gasteiger partial charge in [-0.25, -0.2) is 4.98 Å². The fraction of sp³-hybridized carbons (Fsp3) is 0.235. The van der Waals surface area contributed by atoms with Crippen molar-refractivity contribution in [3.63, 3.8) is 0 Å². The van der Waals surface area contributed by atoms with Crippen LogP contribution in [0.3, 0.4) is 0 Å². The molecule has 4 rings (SSSR count). The van der Waals surface area contributed by atoms with Crippen LogP contribution >= 0.6 is 0 Å². The SMILES string of the molecule is N#Cc1ccc2ccc(-c3nc([C@@H]4CCCN4C#N)no3)cc2n1. The van der Waals surface area contributed by atoms with E-state index in [2.05, 4.69) is 21.3 Å². The largest absolute Gasteiger partial charge is 0.334 e. The van der Waals surface area contributed by atoms with Gasteiger partial charge in [-0.3, -0.25) is 4.90 Å². The molecule has 0 spiro atoms. The van der Waals surface area contributed by atoms with Gasteiger partial charge in [-0.2, -0.15) is 15.5 Å². The molecule has 1 aliphatic rings. The number of pyridine rings is 1. The van der Waals surface area contributed by atoms with Crippen molar-refractivity contribution in [2.45, 2.75) is 18.9 Å².